The standard InChI is InChI=1S/C26H27BrN6O4S/c27-19-5-3-4-17(10-19)14-33-24-7-2-1-6-21(24)23(32-33)12-25(34)22-13-29-16-30-26(22)31-20-9-8-18(11-20)15-37-38(28,35)36/h1-7,10,13,16,18,20H,8-9,11-12,14-15H2,(H2,28,35,36)(H,29,30,31)/t18-,20+/m1/s1. The van der Waals surface area contributed by atoms with E-state index in [1.807, 2.05) is 47.1 Å². The summed E-state index contributed by atoms with van der Waals surface area (Å²) in [5.74, 6) is 0.367. The topological polar surface area (TPSA) is 142 Å². The fourth-order valence-electron chi connectivity index (χ4n) is 4.89. The second-order valence-corrected chi connectivity index (χ2v) is 11.6. The first-order chi connectivity index (χ1) is 18.2. The molecule has 0 radical (unpaired) electrons. The summed E-state index contributed by atoms with van der Waals surface area (Å²) < 4.78 is 29.9. The quantitative estimate of drug-likeness (QED) is 0.262. The van der Waals surface area contributed by atoms with Crippen LogP contribution in [0.5, 0.6) is 0 Å². The first-order valence-electron chi connectivity index (χ1n) is 12.2. The first-order valence-corrected chi connectivity index (χ1v) is 14.5. The number of rotatable bonds is 10. The summed E-state index contributed by atoms with van der Waals surface area (Å²) in [6.07, 6.45) is 5.28. The number of halogens is 1. The van der Waals surface area contributed by atoms with Crippen molar-refractivity contribution >= 4 is 48.7 Å². The normalized spacial score (nSPS) is 17.6. The maximum atomic E-state index is 13.5. The van der Waals surface area contributed by atoms with Crippen LogP contribution in [0.1, 0.15) is 40.9 Å². The third kappa shape index (κ3) is 6.44. The van der Waals surface area contributed by atoms with Crippen LogP contribution < -0.4 is 10.5 Å². The molecule has 0 unspecified atom stereocenters. The molecule has 1 aliphatic carbocycles. The smallest absolute Gasteiger partial charge is 0.333 e. The molecule has 2 atom stereocenters. The Labute approximate surface area is 229 Å². The predicted molar refractivity (Wildman–Crippen MR) is 147 cm³/mol. The molecule has 5 rings (SSSR count). The third-order valence-corrected chi connectivity index (χ3v) is 7.60. The Bertz CT molecular complexity index is 1580. The van der Waals surface area contributed by atoms with Gasteiger partial charge in [-0.3, -0.25) is 13.7 Å². The van der Waals surface area contributed by atoms with Crippen LogP contribution in [0, 0.1) is 5.92 Å². The minimum Gasteiger partial charge on any atom is -0.367 e. The molecule has 198 valence electrons. The number of benzene rings is 2. The number of anilines is 1. The van der Waals surface area contributed by atoms with Crippen molar-refractivity contribution in [2.45, 2.75) is 38.3 Å². The van der Waals surface area contributed by atoms with E-state index >= 15 is 0 Å². The Morgan fingerprint density at radius 3 is 2.84 bits per heavy atom. The van der Waals surface area contributed by atoms with E-state index in [4.69, 9.17) is 14.4 Å². The zero-order chi connectivity index (χ0) is 26.7. The van der Waals surface area contributed by atoms with Gasteiger partial charge >= 0.3 is 10.3 Å². The van der Waals surface area contributed by atoms with Crippen LogP contribution >= 0.6 is 15.9 Å². The highest BCUT2D eigenvalue weighted by Gasteiger charge is 2.28. The van der Waals surface area contributed by atoms with Crippen LogP contribution in [0.3, 0.4) is 0 Å². The van der Waals surface area contributed by atoms with Crippen molar-refractivity contribution < 1.29 is 17.4 Å². The summed E-state index contributed by atoms with van der Waals surface area (Å²) >= 11 is 3.52. The van der Waals surface area contributed by atoms with Crippen molar-refractivity contribution in [2.75, 3.05) is 11.9 Å². The fourth-order valence-corrected chi connectivity index (χ4v) is 5.72. The average Bonchev–Trinajstić information content (AvgIpc) is 3.47. The second kappa shape index (κ2) is 11.3. The number of nitrogens with zero attached hydrogens (tertiary/aromatic N) is 4. The van der Waals surface area contributed by atoms with E-state index in [1.54, 1.807) is 0 Å². The summed E-state index contributed by atoms with van der Waals surface area (Å²) in [6.45, 7) is 0.621. The summed E-state index contributed by atoms with van der Waals surface area (Å²) in [4.78, 5) is 21.9. The van der Waals surface area contributed by atoms with Gasteiger partial charge in [-0.1, -0.05) is 46.3 Å². The zero-order valence-corrected chi connectivity index (χ0v) is 22.9. The minimum atomic E-state index is -3.96. The monoisotopic (exact) mass is 598 g/mol. The van der Waals surface area contributed by atoms with Gasteiger partial charge in [0.25, 0.3) is 0 Å². The summed E-state index contributed by atoms with van der Waals surface area (Å²) in [6, 6.07) is 16.0. The van der Waals surface area contributed by atoms with E-state index in [2.05, 4.69) is 37.3 Å². The minimum absolute atomic E-state index is 0.0239. The number of hydrogen-bond donors (Lipinski definition) is 2. The van der Waals surface area contributed by atoms with Gasteiger partial charge in [-0.25, -0.2) is 15.1 Å². The Morgan fingerprint density at radius 1 is 1.18 bits per heavy atom. The first kappa shape index (κ1) is 26.4. The molecule has 0 saturated heterocycles. The highest BCUT2D eigenvalue weighted by molar-refractivity contribution is 9.10. The van der Waals surface area contributed by atoms with Gasteiger partial charge in [0, 0.05) is 22.1 Å². The lowest BCUT2D eigenvalue weighted by Crippen LogP contribution is -2.22. The average molecular weight is 600 g/mol. The van der Waals surface area contributed by atoms with Crippen molar-refractivity contribution in [3.63, 3.8) is 0 Å². The van der Waals surface area contributed by atoms with Gasteiger partial charge in [-0.15, -0.1) is 0 Å². The molecule has 38 heavy (non-hydrogen) atoms. The van der Waals surface area contributed by atoms with Crippen LogP contribution in [-0.4, -0.2) is 46.6 Å². The van der Waals surface area contributed by atoms with Gasteiger partial charge in [-0.2, -0.15) is 13.5 Å². The molecule has 1 aliphatic rings. The summed E-state index contributed by atoms with van der Waals surface area (Å²) in [5.41, 5.74) is 3.13. The van der Waals surface area contributed by atoms with Crippen LogP contribution in [-0.2, 0) is 27.5 Å². The lowest BCUT2D eigenvalue weighted by atomic mass is 10.1. The SMILES string of the molecule is NS(=O)(=O)OC[C@@H]1CC[C@H](Nc2ncncc2C(=O)Cc2nn(Cc3cccc(Br)c3)c3ccccc23)C1. The number of fused-ring (bicyclic) bond motifs is 1. The van der Waals surface area contributed by atoms with E-state index < -0.39 is 10.3 Å². The van der Waals surface area contributed by atoms with Gasteiger partial charge in [-0.05, 0) is 48.9 Å². The fraction of sp³-hybridized carbons (Fsp3) is 0.308. The highest BCUT2D eigenvalue weighted by atomic mass is 79.9. The lowest BCUT2D eigenvalue weighted by molar-refractivity contribution is 0.0992. The van der Waals surface area contributed by atoms with E-state index in [9.17, 15) is 13.2 Å². The second-order valence-electron chi connectivity index (χ2n) is 9.43. The third-order valence-electron chi connectivity index (χ3n) is 6.65. The molecule has 4 aromatic rings. The Balaban J connectivity index is 1.32. The number of carbonyl (C=O) groups is 1. The van der Waals surface area contributed by atoms with Crippen LogP contribution in [0.25, 0.3) is 10.9 Å². The molecule has 0 aliphatic heterocycles. The molecule has 1 saturated carbocycles. The van der Waals surface area contributed by atoms with Crippen LogP contribution in [0.4, 0.5) is 5.82 Å². The van der Waals surface area contributed by atoms with Crippen molar-refractivity contribution in [3.8, 4) is 0 Å². The number of Topliss-reactive ketones (excluding diaryl/α,β-unsaturated/α-hetero) is 1. The van der Waals surface area contributed by atoms with E-state index in [0.717, 1.165) is 33.8 Å². The molecule has 3 N–H and O–H groups in total. The molecule has 0 spiro atoms. The molecule has 0 amide bonds. The Kier molecular flexibility index (Phi) is 7.84. The summed E-state index contributed by atoms with van der Waals surface area (Å²) in [7, 11) is -3.96. The number of nitrogens with two attached hydrogens (primary N) is 1. The molecule has 2 heterocycles. The van der Waals surface area contributed by atoms with Crippen molar-refractivity contribution in [3.05, 3.63) is 82.3 Å². The Morgan fingerprint density at radius 2 is 2.03 bits per heavy atom. The maximum absolute atomic E-state index is 13.5. The largest absolute Gasteiger partial charge is 0.367 e. The van der Waals surface area contributed by atoms with Gasteiger partial charge in [0.15, 0.2) is 5.78 Å². The van der Waals surface area contributed by atoms with E-state index in [0.29, 0.717) is 30.0 Å². The van der Waals surface area contributed by atoms with Gasteiger partial charge in [0.1, 0.15) is 12.1 Å². The zero-order valence-electron chi connectivity index (χ0n) is 20.5. The number of aromatic nitrogens is 4. The number of nitrogens with one attached hydrogen (secondary N) is 1. The van der Waals surface area contributed by atoms with E-state index in [-0.39, 0.29) is 30.8 Å². The maximum Gasteiger partial charge on any atom is 0.333 e. The van der Waals surface area contributed by atoms with Crippen molar-refractivity contribution in [1.29, 1.82) is 0 Å². The van der Waals surface area contributed by atoms with E-state index in [1.165, 1.54) is 12.5 Å². The molecule has 12 heteroatoms. The number of ketones is 1. The molecular formula is C26H27BrN6O4S. The highest BCUT2D eigenvalue weighted by Crippen LogP contribution is 2.29. The molecule has 2 aromatic heterocycles. The predicted octanol–water partition coefficient (Wildman–Crippen LogP) is 3.86. The van der Waals surface area contributed by atoms with Gasteiger partial charge in [0.05, 0.1) is 36.3 Å². The lowest BCUT2D eigenvalue weighted by Gasteiger charge is -2.16. The number of para-hydroxylation sites is 1. The van der Waals surface area contributed by atoms with Crippen molar-refractivity contribution in [2.24, 2.45) is 11.1 Å². The van der Waals surface area contributed by atoms with Crippen molar-refractivity contribution in [1.82, 2.24) is 19.7 Å². The van der Waals surface area contributed by atoms with Crippen LogP contribution in [0.15, 0.2) is 65.5 Å². The molecule has 0 bridgehead atoms. The Hall–Kier alpha value is -3.19. The summed E-state index contributed by atoms with van der Waals surface area (Å²) in [5, 5.41) is 14.0. The van der Waals surface area contributed by atoms with Crippen LogP contribution in [0.2, 0.25) is 0 Å². The number of hydrogen-bond acceptors (Lipinski definition) is 8. The molecule has 10 nitrogen and oxygen atoms in total. The molecule has 2 aromatic carbocycles. The molecular weight excluding hydrogens is 572 g/mol. The van der Waals surface area contributed by atoms with Gasteiger partial charge in [0.2, 0.25) is 0 Å². The van der Waals surface area contributed by atoms with Gasteiger partial charge < -0.3 is 5.32 Å². The number of carbonyl (C=O) groups excluding carboxylic acids is 1. The molecule has 1 fully saturated rings.